The molecule has 1 aliphatic heterocycles. The van der Waals surface area contributed by atoms with Crippen LogP contribution in [0.5, 0.6) is 0 Å². The molecule has 4 aromatic rings. The summed E-state index contributed by atoms with van der Waals surface area (Å²) in [6.07, 6.45) is 1.48. The lowest BCUT2D eigenvalue weighted by atomic mass is 9.96. The number of hydrogen-bond donors (Lipinski definition) is 1. The summed E-state index contributed by atoms with van der Waals surface area (Å²) in [5.41, 5.74) is 4.06. The van der Waals surface area contributed by atoms with Crippen LogP contribution < -0.4 is 4.90 Å². The number of amides is 1. The SMILES string of the molecule is Cc1ccc(C)c(C(O)=C2C(=O)C(=O)N(c3nc4ccc(C)cc4s3)C2c2ccco2)c1. The average Bonchev–Trinajstić information content (AvgIpc) is 3.48. The molecule has 3 heterocycles. The van der Waals surface area contributed by atoms with Gasteiger partial charge in [-0.3, -0.25) is 14.5 Å². The quantitative estimate of drug-likeness (QED) is 0.258. The maximum atomic E-state index is 13.2. The zero-order chi connectivity index (χ0) is 22.6. The Morgan fingerprint density at radius 1 is 1.06 bits per heavy atom. The van der Waals surface area contributed by atoms with Gasteiger partial charge in [-0.05, 0) is 62.2 Å². The summed E-state index contributed by atoms with van der Waals surface area (Å²) in [6, 6.07) is 13.9. The van der Waals surface area contributed by atoms with Crippen molar-refractivity contribution in [2.45, 2.75) is 26.8 Å². The summed E-state index contributed by atoms with van der Waals surface area (Å²) in [5.74, 6) is -1.34. The van der Waals surface area contributed by atoms with Gasteiger partial charge in [0.05, 0.1) is 22.1 Å². The van der Waals surface area contributed by atoms with Crippen LogP contribution in [0.1, 0.15) is 34.1 Å². The third-order valence-electron chi connectivity index (χ3n) is 5.64. The highest BCUT2D eigenvalue weighted by Gasteiger charge is 2.49. The number of carbonyl (C=O) groups is 2. The molecule has 0 saturated carbocycles. The zero-order valence-corrected chi connectivity index (χ0v) is 18.6. The number of hydrogen-bond acceptors (Lipinski definition) is 6. The third-order valence-corrected chi connectivity index (χ3v) is 6.66. The fraction of sp³-hybridized carbons (Fsp3) is 0.160. The minimum Gasteiger partial charge on any atom is -0.507 e. The van der Waals surface area contributed by atoms with E-state index in [1.54, 1.807) is 18.2 Å². The summed E-state index contributed by atoms with van der Waals surface area (Å²) < 4.78 is 6.53. The van der Waals surface area contributed by atoms with Crippen molar-refractivity contribution in [1.82, 2.24) is 4.98 Å². The predicted octanol–water partition coefficient (Wildman–Crippen LogP) is 5.44. The standard InChI is InChI=1S/C25H20N2O4S/c1-13-6-8-15(3)16(11-13)22(28)20-21(18-5-4-10-31-18)27(24(30)23(20)29)25-26-17-9-7-14(2)12-19(17)32-25/h4-12,21,28H,1-3H3. The third kappa shape index (κ3) is 3.13. The number of aliphatic hydroxyl groups excluding tert-OH is 1. The Morgan fingerprint density at radius 3 is 2.56 bits per heavy atom. The molecular formula is C25H20N2O4S. The van der Waals surface area contributed by atoms with E-state index in [-0.39, 0.29) is 11.3 Å². The molecule has 1 amide bonds. The first-order valence-electron chi connectivity index (χ1n) is 10.1. The van der Waals surface area contributed by atoms with Crippen molar-refractivity contribution in [1.29, 1.82) is 0 Å². The van der Waals surface area contributed by atoms with Crippen molar-refractivity contribution in [3.8, 4) is 0 Å². The molecule has 0 bridgehead atoms. The van der Waals surface area contributed by atoms with E-state index >= 15 is 0 Å². The van der Waals surface area contributed by atoms with Gasteiger partial charge in [0.15, 0.2) is 5.13 Å². The lowest BCUT2D eigenvalue weighted by Gasteiger charge is -2.20. The predicted molar refractivity (Wildman–Crippen MR) is 124 cm³/mol. The summed E-state index contributed by atoms with van der Waals surface area (Å²) in [4.78, 5) is 32.3. The van der Waals surface area contributed by atoms with E-state index in [4.69, 9.17) is 4.42 Å². The van der Waals surface area contributed by atoms with Gasteiger partial charge in [0.1, 0.15) is 17.6 Å². The van der Waals surface area contributed by atoms with Gasteiger partial charge >= 0.3 is 5.91 Å². The second kappa shape index (κ2) is 7.46. The van der Waals surface area contributed by atoms with Crippen molar-refractivity contribution < 1.29 is 19.1 Å². The topological polar surface area (TPSA) is 83.6 Å². The van der Waals surface area contributed by atoms with Gasteiger partial charge in [0.2, 0.25) is 0 Å². The zero-order valence-electron chi connectivity index (χ0n) is 17.7. The van der Waals surface area contributed by atoms with Gasteiger partial charge in [-0.15, -0.1) is 0 Å². The van der Waals surface area contributed by atoms with Gasteiger partial charge in [-0.1, -0.05) is 35.1 Å². The Labute approximate surface area is 188 Å². The summed E-state index contributed by atoms with van der Waals surface area (Å²) in [7, 11) is 0. The summed E-state index contributed by atoms with van der Waals surface area (Å²) in [6.45, 7) is 5.74. The van der Waals surface area contributed by atoms with E-state index < -0.39 is 17.7 Å². The van der Waals surface area contributed by atoms with Gasteiger partial charge in [-0.25, -0.2) is 4.98 Å². The number of thiazole rings is 1. The molecule has 7 heteroatoms. The van der Waals surface area contributed by atoms with Crippen molar-refractivity contribution in [3.63, 3.8) is 0 Å². The summed E-state index contributed by atoms with van der Waals surface area (Å²) in [5, 5.41) is 11.6. The van der Waals surface area contributed by atoms with Crippen LogP contribution in [0.3, 0.4) is 0 Å². The maximum Gasteiger partial charge on any atom is 0.302 e. The molecule has 32 heavy (non-hydrogen) atoms. The van der Waals surface area contributed by atoms with Gasteiger partial charge < -0.3 is 9.52 Å². The Balaban J connectivity index is 1.74. The van der Waals surface area contributed by atoms with Crippen LogP contribution in [0.4, 0.5) is 5.13 Å². The van der Waals surface area contributed by atoms with Crippen molar-refractivity contribution in [2.24, 2.45) is 0 Å². The number of furan rings is 1. The maximum absolute atomic E-state index is 13.2. The van der Waals surface area contributed by atoms with Gasteiger partial charge in [-0.2, -0.15) is 0 Å². The first kappa shape index (κ1) is 20.2. The number of benzene rings is 2. The molecule has 1 unspecified atom stereocenters. The van der Waals surface area contributed by atoms with Crippen LogP contribution in [0.2, 0.25) is 0 Å². The second-order valence-electron chi connectivity index (χ2n) is 7.97. The van der Waals surface area contributed by atoms with Crippen molar-refractivity contribution in [2.75, 3.05) is 4.90 Å². The molecule has 6 nitrogen and oxygen atoms in total. The largest absolute Gasteiger partial charge is 0.507 e. The van der Waals surface area contributed by atoms with Crippen LogP contribution in [0, 0.1) is 20.8 Å². The van der Waals surface area contributed by atoms with Crippen LogP contribution in [0.25, 0.3) is 16.0 Å². The molecule has 5 rings (SSSR count). The van der Waals surface area contributed by atoms with Gasteiger partial charge in [0, 0.05) is 5.56 Å². The Morgan fingerprint density at radius 2 is 1.81 bits per heavy atom. The van der Waals surface area contributed by atoms with E-state index in [9.17, 15) is 14.7 Å². The number of rotatable bonds is 3. The molecule has 1 N–H and O–H groups in total. The number of aliphatic hydroxyl groups is 1. The van der Waals surface area contributed by atoms with E-state index in [2.05, 4.69) is 4.98 Å². The molecule has 1 aliphatic rings. The van der Waals surface area contributed by atoms with Crippen LogP contribution in [0.15, 0.2) is 64.8 Å². The fourth-order valence-electron chi connectivity index (χ4n) is 4.00. The van der Waals surface area contributed by atoms with Gasteiger partial charge in [0.25, 0.3) is 5.78 Å². The van der Waals surface area contributed by atoms with Crippen LogP contribution >= 0.6 is 11.3 Å². The number of Topliss-reactive ketones (excluding diaryl/α,β-unsaturated/α-hetero) is 1. The van der Waals surface area contributed by atoms with Crippen LogP contribution in [-0.2, 0) is 9.59 Å². The molecule has 1 fully saturated rings. The lowest BCUT2D eigenvalue weighted by molar-refractivity contribution is -0.132. The smallest absolute Gasteiger partial charge is 0.302 e. The number of fused-ring (bicyclic) bond motifs is 1. The van der Waals surface area contributed by atoms with Crippen molar-refractivity contribution in [3.05, 3.63) is 88.4 Å². The molecule has 0 aliphatic carbocycles. The van der Waals surface area contributed by atoms with E-state index in [0.29, 0.717) is 16.5 Å². The molecular weight excluding hydrogens is 424 g/mol. The highest BCUT2D eigenvalue weighted by molar-refractivity contribution is 7.22. The molecule has 2 aromatic carbocycles. The number of ketones is 1. The molecule has 1 atom stereocenters. The van der Waals surface area contributed by atoms with Crippen molar-refractivity contribution >= 4 is 44.1 Å². The molecule has 2 aromatic heterocycles. The number of aryl methyl sites for hydroxylation is 3. The number of aromatic nitrogens is 1. The molecule has 0 spiro atoms. The Hall–Kier alpha value is -3.71. The molecule has 0 radical (unpaired) electrons. The monoisotopic (exact) mass is 444 g/mol. The van der Waals surface area contributed by atoms with E-state index in [0.717, 1.165) is 26.9 Å². The molecule has 160 valence electrons. The fourth-order valence-corrected chi connectivity index (χ4v) is 5.10. The normalized spacial score (nSPS) is 18.1. The first-order valence-corrected chi connectivity index (χ1v) is 11.0. The Kier molecular flexibility index (Phi) is 4.71. The highest BCUT2D eigenvalue weighted by atomic mass is 32.1. The first-order chi connectivity index (χ1) is 15.3. The number of anilines is 1. The van der Waals surface area contributed by atoms with E-state index in [1.807, 2.05) is 51.1 Å². The average molecular weight is 445 g/mol. The van der Waals surface area contributed by atoms with E-state index in [1.165, 1.54) is 22.5 Å². The minimum atomic E-state index is -0.911. The lowest BCUT2D eigenvalue weighted by Crippen LogP contribution is -2.29. The molecule has 1 saturated heterocycles. The highest BCUT2D eigenvalue weighted by Crippen LogP contribution is 2.44. The summed E-state index contributed by atoms with van der Waals surface area (Å²) >= 11 is 1.33. The number of nitrogens with zero attached hydrogens (tertiary/aromatic N) is 2. The second-order valence-corrected chi connectivity index (χ2v) is 8.98. The minimum absolute atomic E-state index is 0.00548. The van der Waals surface area contributed by atoms with Crippen LogP contribution in [-0.4, -0.2) is 21.8 Å². The number of carbonyl (C=O) groups excluding carboxylic acids is 2. The Bertz CT molecular complexity index is 1420.